The second-order valence-corrected chi connectivity index (χ2v) is 8.00. The standard InChI is InChI=1S/C23H24BNO2/c1-22(2)23(3,4)27-24(26-22)20-14-12-18(13-15-20)17-8-10-19(11-9-17)21-7-5-6-16-25-21/h5-16H,1-4H3. The fourth-order valence-corrected chi connectivity index (χ4v) is 3.18. The van der Waals surface area contributed by atoms with Crippen LogP contribution in [-0.2, 0) is 9.31 Å². The number of hydrogen-bond acceptors (Lipinski definition) is 3. The van der Waals surface area contributed by atoms with Crippen molar-refractivity contribution in [1.82, 2.24) is 4.98 Å². The van der Waals surface area contributed by atoms with Gasteiger partial charge in [0.05, 0.1) is 16.9 Å². The van der Waals surface area contributed by atoms with Crippen molar-refractivity contribution in [2.75, 3.05) is 0 Å². The van der Waals surface area contributed by atoms with Gasteiger partial charge in [-0.1, -0.05) is 54.6 Å². The molecule has 1 saturated heterocycles. The lowest BCUT2D eigenvalue weighted by atomic mass is 9.78. The fourth-order valence-electron chi connectivity index (χ4n) is 3.18. The van der Waals surface area contributed by atoms with E-state index in [1.807, 2.05) is 24.4 Å². The Morgan fingerprint density at radius 1 is 0.667 bits per heavy atom. The number of pyridine rings is 1. The minimum Gasteiger partial charge on any atom is -0.399 e. The lowest BCUT2D eigenvalue weighted by Gasteiger charge is -2.32. The van der Waals surface area contributed by atoms with Crippen LogP contribution in [0.1, 0.15) is 27.7 Å². The maximum absolute atomic E-state index is 6.13. The molecule has 136 valence electrons. The second kappa shape index (κ2) is 6.63. The van der Waals surface area contributed by atoms with Crippen molar-refractivity contribution in [2.45, 2.75) is 38.9 Å². The van der Waals surface area contributed by atoms with E-state index < -0.39 is 0 Å². The van der Waals surface area contributed by atoms with Crippen molar-refractivity contribution in [3.8, 4) is 22.4 Å². The topological polar surface area (TPSA) is 31.4 Å². The lowest BCUT2D eigenvalue weighted by molar-refractivity contribution is 0.00578. The number of aromatic nitrogens is 1. The molecule has 4 heteroatoms. The van der Waals surface area contributed by atoms with Crippen LogP contribution in [0.15, 0.2) is 72.9 Å². The SMILES string of the molecule is CC1(C)OB(c2ccc(-c3ccc(-c4ccccn4)cc3)cc2)OC1(C)C. The van der Waals surface area contributed by atoms with Crippen molar-refractivity contribution >= 4 is 12.6 Å². The minimum absolute atomic E-state index is 0.322. The van der Waals surface area contributed by atoms with Gasteiger partial charge in [0.15, 0.2) is 0 Å². The molecule has 3 nitrogen and oxygen atoms in total. The molecule has 2 aromatic carbocycles. The third kappa shape index (κ3) is 3.43. The van der Waals surface area contributed by atoms with Crippen molar-refractivity contribution < 1.29 is 9.31 Å². The minimum atomic E-state index is -0.324. The molecule has 1 aliphatic heterocycles. The molecular weight excluding hydrogens is 333 g/mol. The van der Waals surface area contributed by atoms with Gasteiger partial charge >= 0.3 is 7.12 Å². The van der Waals surface area contributed by atoms with Gasteiger partial charge in [-0.3, -0.25) is 4.98 Å². The first-order valence-electron chi connectivity index (χ1n) is 9.33. The zero-order valence-electron chi connectivity index (χ0n) is 16.3. The zero-order chi connectivity index (χ0) is 19.1. The molecule has 0 atom stereocenters. The Morgan fingerprint density at radius 3 is 1.70 bits per heavy atom. The van der Waals surface area contributed by atoms with E-state index in [1.54, 1.807) is 0 Å². The normalized spacial score (nSPS) is 17.9. The van der Waals surface area contributed by atoms with Gasteiger partial charge in [-0.2, -0.15) is 0 Å². The molecule has 3 aromatic rings. The summed E-state index contributed by atoms with van der Waals surface area (Å²) in [5, 5.41) is 0. The molecule has 0 unspecified atom stereocenters. The van der Waals surface area contributed by atoms with E-state index in [9.17, 15) is 0 Å². The van der Waals surface area contributed by atoms with Crippen molar-refractivity contribution in [1.29, 1.82) is 0 Å². The van der Waals surface area contributed by atoms with Gasteiger partial charge < -0.3 is 9.31 Å². The van der Waals surface area contributed by atoms with Crippen LogP contribution in [0.25, 0.3) is 22.4 Å². The third-order valence-electron chi connectivity index (χ3n) is 5.61. The summed E-state index contributed by atoms with van der Waals surface area (Å²) in [6.07, 6.45) is 1.82. The van der Waals surface area contributed by atoms with Crippen LogP contribution in [0.3, 0.4) is 0 Å². The highest BCUT2D eigenvalue weighted by atomic mass is 16.7. The summed E-state index contributed by atoms with van der Waals surface area (Å²) in [6.45, 7) is 8.30. The molecule has 0 amide bonds. The molecular formula is C23H24BNO2. The molecule has 2 heterocycles. The molecule has 0 aliphatic carbocycles. The number of nitrogens with zero attached hydrogens (tertiary/aromatic N) is 1. The highest BCUT2D eigenvalue weighted by Gasteiger charge is 2.51. The number of hydrogen-bond donors (Lipinski definition) is 0. The van der Waals surface area contributed by atoms with Crippen LogP contribution in [0, 0.1) is 0 Å². The van der Waals surface area contributed by atoms with Crippen LogP contribution in [0.2, 0.25) is 0 Å². The van der Waals surface area contributed by atoms with E-state index >= 15 is 0 Å². The maximum Gasteiger partial charge on any atom is 0.494 e. The molecule has 1 aliphatic rings. The van der Waals surface area contributed by atoms with Crippen molar-refractivity contribution in [3.05, 3.63) is 72.9 Å². The molecule has 0 spiro atoms. The Hall–Kier alpha value is -2.43. The summed E-state index contributed by atoms with van der Waals surface area (Å²) in [5.41, 5.74) is 4.85. The van der Waals surface area contributed by atoms with Crippen LogP contribution in [-0.4, -0.2) is 23.3 Å². The van der Waals surface area contributed by atoms with Crippen LogP contribution in [0.5, 0.6) is 0 Å². The maximum atomic E-state index is 6.13. The summed E-state index contributed by atoms with van der Waals surface area (Å²) in [7, 11) is -0.324. The first-order chi connectivity index (χ1) is 12.9. The molecule has 4 rings (SSSR count). The Kier molecular flexibility index (Phi) is 4.41. The highest BCUT2D eigenvalue weighted by Crippen LogP contribution is 2.36. The van der Waals surface area contributed by atoms with Gasteiger partial charge in [-0.25, -0.2) is 0 Å². The van der Waals surface area contributed by atoms with Gasteiger partial charge in [-0.15, -0.1) is 0 Å². The van der Waals surface area contributed by atoms with Crippen LogP contribution < -0.4 is 5.46 Å². The molecule has 1 fully saturated rings. The summed E-state index contributed by atoms with van der Waals surface area (Å²) < 4.78 is 12.3. The molecule has 0 saturated carbocycles. The van der Waals surface area contributed by atoms with Crippen molar-refractivity contribution in [2.24, 2.45) is 0 Å². The summed E-state index contributed by atoms with van der Waals surface area (Å²) in [4.78, 5) is 4.40. The second-order valence-electron chi connectivity index (χ2n) is 8.00. The van der Waals surface area contributed by atoms with Crippen LogP contribution in [0.4, 0.5) is 0 Å². The zero-order valence-corrected chi connectivity index (χ0v) is 16.3. The molecule has 0 bridgehead atoms. The van der Waals surface area contributed by atoms with E-state index in [2.05, 4.69) is 81.2 Å². The number of benzene rings is 2. The monoisotopic (exact) mass is 357 g/mol. The van der Waals surface area contributed by atoms with Gasteiger partial charge in [0, 0.05) is 11.8 Å². The average molecular weight is 357 g/mol. The average Bonchev–Trinajstić information content (AvgIpc) is 2.90. The Morgan fingerprint density at radius 2 is 1.19 bits per heavy atom. The van der Waals surface area contributed by atoms with E-state index in [-0.39, 0.29) is 18.3 Å². The molecule has 0 radical (unpaired) electrons. The van der Waals surface area contributed by atoms with E-state index in [1.165, 1.54) is 11.1 Å². The van der Waals surface area contributed by atoms with Gasteiger partial charge in [0.1, 0.15) is 0 Å². The Balaban J connectivity index is 1.53. The van der Waals surface area contributed by atoms with Crippen LogP contribution >= 0.6 is 0 Å². The third-order valence-corrected chi connectivity index (χ3v) is 5.61. The van der Waals surface area contributed by atoms with Gasteiger partial charge in [-0.05, 0) is 56.4 Å². The molecule has 27 heavy (non-hydrogen) atoms. The summed E-state index contributed by atoms with van der Waals surface area (Å²) in [5.74, 6) is 0. The Labute approximate surface area is 161 Å². The first-order valence-corrected chi connectivity index (χ1v) is 9.33. The Bertz CT molecular complexity index is 903. The smallest absolute Gasteiger partial charge is 0.399 e. The predicted molar refractivity (Wildman–Crippen MR) is 111 cm³/mol. The number of rotatable bonds is 3. The van der Waals surface area contributed by atoms with E-state index in [4.69, 9.17) is 9.31 Å². The van der Waals surface area contributed by atoms with Gasteiger partial charge in [0.2, 0.25) is 0 Å². The first kappa shape index (κ1) is 18.0. The summed E-state index contributed by atoms with van der Waals surface area (Å²) in [6, 6.07) is 22.9. The quantitative estimate of drug-likeness (QED) is 0.636. The fraction of sp³-hybridized carbons (Fsp3) is 0.261. The lowest BCUT2D eigenvalue weighted by Crippen LogP contribution is -2.41. The summed E-state index contributed by atoms with van der Waals surface area (Å²) >= 11 is 0. The van der Waals surface area contributed by atoms with Crippen molar-refractivity contribution in [3.63, 3.8) is 0 Å². The molecule has 0 N–H and O–H groups in total. The van der Waals surface area contributed by atoms with E-state index in [0.29, 0.717) is 0 Å². The van der Waals surface area contributed by atoms with E-state index in [0.717, 1.165) is 16.7 Å². The highest BCUT2D eigenvalue weighted by molar-refractivity contribution is 6.62. The molecule has 1 aromatic heterocycles. The van der Waals surface area contributed by atoms with Gasteiger partial charge in [0.25, 0.3) is 0 Å². The largest absolute Gasteiger partial charge is 0.494 e. The predicted octanol–water partition coefficient (Wildman–Crippen LogP) is 4.71.